The van der Waals surface area contributed by atoms with Gasteiger partial charge in [0.2, 0.25) is 0 Å². The van der Waals surface area contributed by atoms with Gasteiger partial charge in [-0.05, 0) is 44.2 Å². The molecule has 1 unspecified atom stereocenters. The molecule has 0 aromatic heterocycles. The Balaban J connectivity index is 2.26. The van der Waals surface area contributed by atoms with Crippen LogP contribution in [0.15, 0.2) is 24.3 Å². The van der Waals surface area contributed by atoms with Crippen LogP contribution >= 0.6 is 0 Å². The van der Waals surface area contributed by atoms with E-state index in [9.17, 15) is 0 Å². The Bertz CT molecular complexity index is 470. The van der Waals surface area contributed by atoms with Crippen molar-refractivity contribution in [1.82, 2.24) is 4.90 Å². The summed E-state index contributed by atoms with van der Waals surface area (Å²) in [6.07, 6.45) is 0.923. The molecule has 0 fully saturated rings. The van der Waals surface area contributed by atoms with Crippen LogP contribution in [0, 0.1) is 28.6 Å². The van der Waals surface area contributed by atoms with Gasteiger partial charge in [-0.15, -0.1) is 0 Å². The van der Waals surface area contributed by atoms with Crippen LogP contribution in [-0.2, 0) is 0 Å². The highest BCUT2D eigenvalue weighted by Crippen LogP contribution is 2.11. The van der Waals surface area contributed by atoms with Crippen molar-refractivity contribution in [3.05, 3.63) is 29.8 Å². The third-order valence-electron chi connectivity index (χ3n) is 3.07. The van der Waals surface area contributed by atoms with Crippen LogP contribution < -0.4 is 4.74 Å². The molecule has 0 bridgehead atoms. The van der Waals surface area contributed by atoms with Gasteiger partial charge in [-0.1, -0.05) is 6.92 Å². The number of hydrogen-bond acceptors (Lipinski definition) is 4. The van der Waals surface area contributed by atoms with E-state index in [2.05, 4.69) is 24.0 Å². The minimum Gasteiger partial charge on any atom is -0.494 e. The maximum absolute atomic E-state index is 8.82. The molecular weight excluding hydrogens is 250 g/mol. The predicted molar refractivity (Wildman–Crippen MR) is 78.2 cm³/mol. The molecule has 0 N–H and O–H groups in total. The molecule has 0 radical (unpaired) electrons. The molecule has 106 valence electrons. The quantitative estimate of drug-likeness (QED) is 0.682. The summed E-state index contributed by atoms with van der Waals surface area (Å²) < 4.78 is 5.63. The lowest BCUT2D eigenvalue weighted by Gasteiger charge is -2.21. The Kier molecular flexibility index (Phi) is 7.17. The van der Waals surface area contributed by atoms with E-state index >= 15 is 0 Å². The summed E-state index contributed by atoms with van der Waals surface area (Å²) in [6, 6.07) is 11.5. The van der Waals surface area contributed by atoms with Crippen LogP contribution in [0.3, 0.4) is 0 Å². The van der Waals surface area contributed by atoms with Crippen molar-refractivity contribution in [2.45, 2.75) is 20.3 Å². The molecule has 0 heterocycles. The van der Waals surface area contributed by atoms with Gasteiger partial charge >= 0.3 is 0 Å². The fourth-order valence-electron chi connectivity index (χ4n) is 1.91. The minimum atomic E-state index is 0.0643. The Hall–Kier alpha value is -2.04. The highest BCUT2D eigenvalue weighted by Gasteiger charge is 2.07. The monoisotopic (exact) mass is 271 g/mol. The Labute approximate surface area is 121 Å². The zero-order valence-electron chi connectivity index (χ0n) is 12.2. The molecule has 0 aliphatic rings. The van der Waals surface area contributed by atoms with Crippen LogP contribution in [0.4, 0.5) is 0 Å². The molecule has 1 rings (SSSR count). The predicted octanol–water partition coefficient (Wildman–Crippen LogP) is 2.81. The first-order valence-corrected chi connectivity index (χ1v) is 6.94. The minimum absolute atomic E-state index is 0.0643. The number of nitrogens with zero attached hydrogens (tertiary/aromatic N) is 3. The largest absolute Gasteiger partial charge is 0.494 e. The van der Waals surface area contributed by atoms with Crippen molar-refractivity contribution in [1.29, 1.82) is 10.5 Å². The number of rotatable bonds is 8. The summed E-state index contributed by atoms with van der Waals surface area (Å²) >= 11 is 0. The lowest BCUT2D eigenvalue weighted by molar-refractivity contribution is 0.231. The normalized spacial score (nSPS) is 11.7. The molecule has 0 spiro atoms. The SMILES string of the molecule is CCN(CCCOc1ccc(C#N)cc1)CC(C)C#N. The number of nitriles is 2. The second kappa shape index (κ2) is 8.96. The topological polar surface area (TPSA) is 60.0 Å². The molecule has 1 atom stereocenters. The van der Waals surface area contributed by atoms with Crippen molar-refractivity contribution in [2.75, 3.05) is 26.2 Å². The van der Waals surface area contributed by atoms with E-state index in [-0.39, 0.29) is 5.92 Å². The van der Waals surface area contributed by atoms with E-state index in [1.54, 1.807) is 12.1 Å². The van der Waals surface area contributed by atoms with Gasteiger partial charge in [0.25, 0.3) is 0 Å². The summed E-state index contributed by atoms with van der Waals surface area (Å²) in [5.41, 5.74) is 0.639. The summed E-state index contributed by atoms with van der Waals surface area (Å²) in [7, 11) is 0. The third-order valence-corrected chi connectivity index (χ3v) is 3.07. The van der Waals surface area contributed by atoms with E-state index in [0.29, 0.717) is 12.2 Å². The van der Waals surface area contributed by atoms with E-state index in [1.165, 1.54) is 0 Å². The lowest BCUT2D eigenvalue weighted by atomic mass is 10.2. The molecule has 0 aliphatic heterocycles. The highest BCUT2D eigenvalue weighted by atomic mass is 16.5. The van der Waals surface area contributed by atoms with Crippen molar-refractivity contribution in [3.63, 3.8) is 0 Å². The van der Waals surface area contributed by atoms with Gasteiger partial charge in [0, 0.05) is 13.1 Å². The van der Waals surface area contributed by atoms with Crippen LogP contribution in [0.25, 0.3) is 0 Å². The van der Waals surface area contributed by atoms with Crippen LogP contribution in [0.5, 0.6) is 5.75 Å². The zero-order valence-corrected chi connectivity index (χ0v) is 12.2. The Morgan fingerprint density at radius 3 is 2.50 bits per heavy atom. The molecule has 0 saturated carbocycles. The Morgan fingerprint density at radius 1 is 1.25 bits per heavy atom. The first-order chi connectivity index (χ1) is 9.69. The van der Waals surface area contributed by atoms with E-state index in [1.807, 2.05) is 19.1 Å². The lowest BCUT2D eigenvalue weighted by Crippen LogP contribution is -2.29. The standard InChI is InChI=1S/C16H21N3O/c1-3-19(13-14(2)11-17)9-4-10-20-16-7-5-15(12-18)6-8-16/h5-8,14H,3-4,9-10,13H2,1-2H3. The summed E-state index contributed by atoms with van der Waals surface area (Å²) in [6.45, 7) is 7.37. The average molecular weight is 271 g/mol. The van der Waals surface area contributed by atoms with Gasteiger partial charge in [-0.2, -0.15) is 10.5 Å². The van der Waals surface area contributed by atoms with E-state index in [4.69, 9.17) is 15.3 Å². The average Bonchev–Trinajstić information content (AvgIpc) is 2.50. The van der Waals surface area contributed by atoms with Crippen LogP contribution in [0.1, 0.15) is 25.8 Å². The van der Waals surface area contributed by atoms with Crippen LogP contribution in [0.2, 0.25) is 0 Å². The summed E-state index contributed by atoms with van der Waals surface area (Å²) in [5.74, 6) is 0.854. The number of ether oxygens (including phenoxy) is 1. The fourth-order valence-corrected chi connectivity index (χ4v) is 1.91. The second-order valence-corrected chi connectivity index (χ2v) is 4.76. The fraction of sp³-hybridized carbons (Fsp3) is 0.500. The molecular formula is C16H21N3O. The molecule has 1 aromatic rings. The first kappa shape index (κ1) is 16.0. The second-order valence-electron chi connectivity index (χ2n) is 4.76. The summed E-state index contributed by atoms with van der Waals surface area (Å²) in [5, 5.41) is 17.5. The molecule has 4 nitrogen and oxygen atoms in total. The molecule has 20 heavy (non-hydrogen) atoms. The van der Waals surface area contributed by atoms with Crippen molar-refractivity contribution in [3.8, 4) is 17.9 Å². The smallest absolute Gasteiger partial charge is 0.119 e. The number of benzene rings is 1. The van der Waals surface area contributed by atoms with Gasteiger partial charge in [0.1, 0.15) is 5.75 Å². The van der Waals surface area contributed by atoms with Gasteiger partial charge in [-0.25, -0.2) is 0 Å². The van der Waals surface area contributed by atoms with Crippen molar-refractivity contribution < 1.29 is 4.74 Å². The maximum atomic E-state index is 8.82. The highest BCUT2D eigenvalue weighted by molar-refractivity contribution is 5.34. The van der Waals surface area contributed by atoms with E-state index in [0.717, 1.165) is 31.8 Å². The maximum Gasteiger partial charge on any atom is 0.119 e. The van der Waals surface area contributed by atoms with Crippen LogP contribution in [-0.4, -0.2) is 31.1 Å². The van der Waals surface area contributed by atoms with Gasteiger partial charge in [0.05, 0.1) is 30.2 Å². The van der Waals surface area contributed by atoms with Crippen molar-refractivity contribution >= 4 is 0 Å². The third kappa shape index (κ3) is 5.73. The molecule has 1 aromatic carbocycles. The molecule has 4 heteroatoms. The number of hydrogen-bond donors (Lipinski definition) is 0. The van der Waals surface area contributed by atoms with Gasteiger partial charge < -0.3 is 9.64 Å². The molecule has 0 amide bonds. The molecule has 0 saturated heterocycles. The van der Waals surface area contributed by atoms with Gasteiger partial charge in [0.15, 0.2) is 0 Å². The summed E-state index contributed by atoms with van der Waals surface area (Å²) in [4.78, 5) is 2.26. The Morgan fingerprint density at radius 2 is 1.95 bits per heavy atom. The van der Waals surface area contributed by atoms with E-state index < -0.39 is 0 Å². The van der Waals surface area contributed by atoms with Gasteiger partial charge in [-0.3, -0.25) is 0 Å². The molecule has 0 aliphatic carbocycles. The van der Waals surface area contributed by atoms with Crippen molar-refractivity contribution in [2.24, 2.45) is 5.92 Å². The first-order valence-electron chi connectivity index (χ1n) is 6.94. The zero-order chi connectivity index (χ0) is 14.8.